The van der Waals surface area contributed by atoms with Crippen molar-refractivity contribution < 1.29 is 9.47 Å². The molecule has 0 aromatic heterocycles. The summed E-state index contributed by atoms with van der Waals surface area (Å²) in [7, 11) is 0. The number of unbranched alkanes of at least 4 members (excludes halogenated alkanes) is 1. The Morgan fingerprint density at radius 1 is 1.30 bits per heavy atom. The van der Waals surface area contributed by atoms with Crippen LogP contribution in [0.1, 0.15) is 32.3 Å². The van der Waals surface area contributed by atoms with Gasteiger partial charge in [0.15, 0.2) is 11.5 Å². The third-order valence-corrected chi connectivity index (χ3v) is 3.25. The second-order valence-electron chi connectivity index (χ2n) is 4.27. The topological polar surface area (TPSA) is 30.5 Å². The van der Waals surface area contributed by atoms with Crippen LogP contribution < -0.4 is 14.8 Å². The van der Waals surface area contributed by atoms with Crippen molar-refractivity contribution in [2.75, 3.05) is 19.8 Å². The summed E-state index contributed by atoms with van der Waals surface area (Å²) in [6.45, 7) is 7.00. The van der Waals surface area contributed by atoms with E-state index in [1.807, 2.05) is 13.0 Å². The van der Waals surface area contributed by atoms with Gasteiger partial charge in [-0.25, -0.2) is 0 Å². The SMILES string of the molecule is C#CCCCOc1c(Br)cc(CNCC)cc1OCC. The average Bonchev–Trinajstić information content (AvgIpc) is 2.43. The zero-order chi connectivity index (χ0) is 14.8. The van der Waals surface area contributed by atoms with Crippen LogP contribution in [0, 0.1) is 12.3 Å². The van der Waals surface area contributed by atoms with Gasteiger partial charge in [0.25, 0.3) is 0 Å². The van der Waals surface area contributed by atoms with Gasteiger partial charge in [-0.1, -0.05) is 6.92 Å². The first-order chi connectivity index (χ1) is 9.72. The van der Waals surface area contributed by atoms with Crippen LogP contribution >= 0.6 is 15.9 Å². The Bertz CT molecular complexity index is 455. The lowest BCUT2D eigenvalue weighted by Gasteiger charge is -2.15. The molecule has 0 amide bonds. The molecule has 4 heteroatoms. The fraction of sp³-hybridized carbons (Fsp3) is 0.500. The zero-order valence-electron chi connectivity index (χ0n) is 12.2. The van der Waals surface area contributed by atoms with E-state index < -0.39 is 0 Å². The molecule has 110 valence electrons. The molecule has 0 aliphatic carbocycles. The number of hydrogen-bond acceptors (Lipinski definition) is 3. The van der Waals surface area contributed by atoms with Gasteiger partial charge in [-0.15, -0.1) is 12.3 Å². The predicted molar refractivity (Wildman–Crippen MR) is 86.3 cm³/mol. The number of hydrogen-bond donors (Lipinski definition) is 1. The molecule has 0 aliphatic rings. The van der Waals surface area contributed by atoms with Crippen LogP contribution in [0.5, 0.6) is 11.5 Å². The summed E-state index contributed by atoms with van der Waals surface area (Å²) in [4.78, 5) is 0. The highest BCUT2D eigenvalue weighted by atomic mass is 79.9. The number of ether oxygens (including phenoxy) is 2. The molecule has 0 fully saturated rings. The molecular formula is C16H22BrNO2. The van der Waals surface area contributed by atoms with Gasteiger partial charge in [0.2, 0.25) is 0 Å². The highest BCUT2D eigenvalue weighted by Gasteiger charge is 2.12. The van der Waals surface area contributed by atoms with Crippen molar-refractivity contribution >= 4 is 15.9 Å². The van der Waals surface area contributed by atoms with E-state index in [1.54, 1.807) is 0 Å². The zero-order valence-corrected chi connectivity index (χ0v) is 13.8. The molecular weight excluding hydrogens is 318 g/mol. The van der Waals surface area contributed by atoms with Crippen LogP contribution in [0.4, 0.5) is 0 Å². The minimum Gasteiger partial charge on any atom is -0.490 e. The molecule has 1 aromatic carbocycles. The Labute approximate surface area is 130 Å². The van der Waals surface area contributed by atoms with Gasteiger partial charge in [0.1, 0.15) is 0 Å². The van der Waals surface area contributed by atoms with Crippen molar-refractivity contribution in [3.63, 3.8) is 0 Å². The lowest BCUT2D eigenvalue weighted by atomic mass is 10.2. The van der Waals surface area contributed by atoms with E-state index >= 15 is 0 Å². The van der Waals surface area contributed by atoms with Crippen LogP contribution in [-0.4, -0.2) is 19.8 Å². The number of rotatable bonds is 9. The Hall–Kier alpha value is -1.18. The molecule has 0 aliphatic heterocycles. The number of benzene rings is 1. The quantitative estimate of drug-likeness (QED) is 0.549. The van der Waals surface area contributed by atoms with Crippen molar-refractivity contribution in [3.05, 3.63) is 22.2 Å². The molecule has 0 bridgehead atoms. The van der Waals surface area contributed by atoms with Crippen LogP contribution in [0.2, 0.25) is 0 Å². The van der Waals surface area contributed by atoms with E-state index in [-0.39, 0.29) is 0 Å². The highest BCUT2D eigenvalue weighted by molar-refractivity contribution is 9.10. The van der Waals surface area contributed by atoms with Crippen molar-refractivity contribution in [2.45, 2.75) is 33.2 Å². The number of terminal acetylenes is 1. The molecule has 0 radical (unpaired) electrons. The van der Waals surface area contributed by atoms with Gasteiger partial charge in [-0.3, -0.25) is 0 Å². The molecule has 0 unspecified atom stereocenters. The van der Waals surface area contributed by atoms with Crippen LogP contribution in [0.25, 0.3) is 0 Å². The molecule has 20 heavy (non-hydrogen) atoms. The lowest BCUT2D eigenvalue weighted by molar-refractivity contribution is 0.272. The Morgan fingerprint density at radius 2 is 2.10 bits per heavy atom. The van der Waals surface area contributed by atoms with E-state index in [0.717, 1.165) is 47.5 Å². The van der Waals surface area contributed by atoms with Gasteiger partial charge in [0.05, 0.1) is 17.7 Å². The van der Waals surface area contributed by atoms with E-state index in [9.17, 15) is 0 Å². The molecule has 0 saturated heterocycles. The highest BCUT2D eigenvalue weighted by Crippen LogP contribution is 2.37. The van der Waals surface area contributed by atoms with E-state index in [2.05, 4.69) is 40.2 Å². The average molecular weight is 340 g/mol. The van der Waals surface area contributed by atoms with E-state index in [0.29, 0.717) is 13.2 Å². The van der Waals surface area contributed by atoms with Crippen molar-refractivity contribution in [1.29, 1.82) is 0 Å². The van der Waals surface area contributed by atoms with Gasteiger partial charge < -0.3 is 14.8 Å². The maximum Gasteiger partial charge on any atom is 0.175 e. The molecule has 0 spiro atoms. The molecule has 1 rings (SSSR count). The molecule has 0 heterocycles. The summed E-state index contributed by atoms with van der Waals surface area (Å²) in [5.74, 6) is 4.14. The van der Waals surface area contributed by atoms with Crippen molar-refractivity contribution in [1.82, 2.24) is 5.32 Å². The first kappa shape index (κ1) is 16.9. The summed E-state index contributed by atoms with van der Waals surface area (Å²) in [6, 6.07) is 4.08. The fourth-order valence-electron chi connectivity index (χ4n) is 1.74. The maximum absolute atomic E-state index is 5.79. The van der Waals surface area contributed by atoms with Crippen LogP contribution in [0.3, 0.4) is 0 Å². The summed E-state index contributed by atoms with van der Waals surface area (Å²) < 4.78 is 12.4. The van der Waals surface area contributed by atoms with E-state index in [4.69, 9.17) is 15.9 Å². The molecule has 1 aromatic rings. The Balaban J connectivity index is 2.82. The van der Waals surface area contributed by atoms with Gasteiger partial charge in [0, 0.05) is 13.0 Å². The Kier molecular flexibility index (Phi) is 8.17. The summed E-state index contributed by atoms with van der Waals surface area (Å²) in [6.07, 6.45) is 6.80. The maximum atomic E-state index is 5.79. The second-order valence-corrected chi connectivity index (χ2v) is 5.13. The molecule has 1 N–H and O–H groups in total. The smallest absolute Gasteiger partial charge is 0.175 e. The monoisotopic (exact) mass is 339 g/mol. The molecule has 3 nitrogen and oxygen atoms in total. The van der Waals surface area contributed by atoms with Gasteiger partial charge in [-0.2, -0.15) is 0 Å². The predicted octanol–water partition coefficient (Wildman–Crippen LogP) is 3.75. The second kappa shape index (κ2) is 9.68. The van der Waals surface area contributed by atoms with Crippen LogP contribution in [0.15, 0.2) is 16.6 Å². The third-order valence-electron chi connectivity index (χ3n) is 2.66. The standard InChI is InChI=1S/C16H22BrNO2/c1-4-7-8-9-20-16-14(17)10-13(12-18-5-2)11-15(16)19-6-3/h1,10-11,18H,5-9,12H2,2-3H3. The number of nitrogens with one attached hydrogen (secondary N) is 1. The minimum atomic E-state index is 0.593. The molecule has 0 saturated carbocycles. The first-order valence-corrected chi connectivity index (χ1v) is 7.74. The fourth-order valence-corrected chi connectivity index (χ4v) is 2.35. The Morgan fingerprint density at radius 3 is 2.75 bits per heavy atom. The van der Waals surface area contributed by atoms with Crippen molar-refractivity contribution in [3.8, 4) is 23.8 Å². The molecule has 0 atom stereocenters. The summed E-state index contributed by atoms with van der Waals surface area (Å²) >= 11 is 3.56. The summed E-state index contributed by atoms with van der Waals surface area (Å²) in [5.41, 5.74) is 1.16. The largest absolute Gasteiger partial charge is 0.490 e. The van der Waals surface area contributed by atoms with Crippen LogP contribution in [-0.2, 0) is 6.54 Å². The van der Waals surface area contributed by atoms with E-state index in [1.165, 1.54) is 0 Å². The first-order valence-electron chi connectivity index (χ1n) is 6.95. The summed E-state index contributed by atoms with van der Waals surface area (Å²) in [5, 5.41) is 3.30. The van der Waals surface area contributed by atoms with Gasteiger partial charge in [-0.05, 0) is 53.5 Å². The normalized spacial score (nSPS) is 10.1. The number of halogens is 1. The third kappa shape index (κ3) is 5.44. The minimum absolute atomic E-state index is 0.593. The van der Waals surface area contributed by atoms with Crippen molar-refractivity contribution in [2.24, 2.45) is 0 Å². The lowest BCUT2D eigenvalue weighted by Crippen LogP contribution is -2.12. The van der Waals surface area contributed by atoms with Gasteiger partial charge >= 0.3 is 0 Å².